The van der Waals surface area contributed by atoms with Crippen LogP contribution in [-0.2, 0) is 24.3 Å². The van der Waals surface area contributed by atoms with E-state index in [0.717, 1.165) is 43.9 Å². The van der Waals surface area contributed by atoms with E-state index < -0.39 is 23.1 Å². The molecular formula is C37H56F2O6. The Morgan fingerprint density at radius 1 is 0.778 bits per heavy atom. The standard InChI is InChI=1S/C28H38O6.C7H12F2.C2H6/c1-18(29)26(2,3)30-25-8-5-21(6-9-25)22-10-12-27(13-11-22)31-33-28(34-32-27)23-7-4-19-14-20(16-23)17-24(28)15-19;1-6-2-4-7(8,9)5-3-6;1-2/h5-6,8-9,19-20,22-24H,4,7,10-17H2,1-3H3;6H,2-5H2,1H3;1-2H3. The highest BCUT2D eigenvalue weighted by molar-refractivity contribution is 5.84. The summed E-state index contributed by atoms with van der Waals surface area (Å²) in [6, 6.07) is 8.14. The van der Waals surface area contributed by atoms with Gasteiger partial charge in [0.2, 0.25) is 17.5 Å². The first-order chi connectivity index (χ1) is 21.4. The molecule has 0 aromatic heterocycles. The Morgan fingerprint density at radius 2 is 1.36 bits per heavy atom. The van der Waals surface area contributed by atoms with Crippen LogP contribution in [-0.4, -0.2) is 28.9 Å². The maximum Gasteiger partial charge on any atom is 0.248 e. The van der Waals surface area contributed by atoms with Gasteiger partial charge < -0.3 is 4.74 Å². The molecule has 8 heteroatoms. The second kappa shape index (κ2) is 13.9. The highest BCUT2D eigenvalue weighted by atomic mass is 19.3. The van der Waals surface area contributed by atoms with Crippen LogP contribution in [0.2, 0.25) is 0 Å². The van der Waals surface area contributed by atoms with Gasteiger partial charge in [0.1, 0.15) is 5.75 Å². The van der Waals surface area contributed by atoms with Gasteiger partial charge in [-0.3, -0.25) is 4.79 Å². The minimum absolute atomic E-state index is 0.0112. The van der Waals surface area contributed by atoms with Gasteiger partial charge in [-0.25, -0.2) is 8.78 Å². The van der Waals surface area contributed by atoms with Crippen LogP contribution >= 0.6 is 0 Å². The number of Topliss-reactive ketones (excluding diaryl/α,β-unsaturated/α-hetero) is 1. The van der Waals surface area contributed by atoms with E-state index in [2.05, 4.69) is 12.1 Å². The van der Waals surface area contributed by atoms with Crippen molar-refractivity contribution in [1.82, 2.24) is 0 Å². The number of halogens is 2. The van der Waals surface area contributed by atoms with Gasteiger partial charge in [-0.1, -0.05) is 32.9 Å². The van der Waals surface area contributed by atoms with E-state index in [9.17, 15) is 13.6 Å². The van der Waals surface area contributed by atoms with Gasteiger partial charge in [0.25, 0.3) is 0 Å². The summed E-state index contributed by atoms with van der Waals surface area (Å²) in [6.07, 6.45) is 12.3. The van der Waals surface area contributed by atoms with Gasteiger partial charge in [0, 0.05) is 37.5 Å². The third-order valence-corrected chi connectivity index (χ3v) is 11.6. The summed E-state index contributed by atoms with van der Waals surface area (Å²) in [4.78, 5) is 36.5. The largest absolute Gasteiger partial charge is 0.480 e. The molecular weight excluding hydrogens is 578 g/mol. The van der Waals surface area contributed by atoms with Crippen molar-refractivity contribution in [3.05, 3.63) is 29.8 Å². The lowest BCUT2D eigenvalue weighted by Gasteiger charge is -2.54. The zero-order chi connectivity index (χ0) is 32.5. The summed E-state index contributed by atoms with van der Waals surface area (Å²) < 4.78 is 30.6. The average Bonchev–Trinajstić information content (AvgIpc) is 3.23. The Bertz CT molecular complexity index is 1100. The molecule has 1 aliphatic heterocycles. The maximum absolute atomic E-state index is 12.4. The summed E-state index contributed by atoms with van der Waals surface area (Å²) in [5, 5.41) is 0. The predicted octanol–water partition coefficient (Wildman–Crippen LogP) is 10.1. The first kappa shape index (κ1) is 34.7. The van der Waals surface area contributed by atoms with E-state index in [-0.39, 0.29) is 18.6 Å². The number of fused-ring (bicyclic) bond motifs is 1. The van der Waals surface area contributed by atoms with Crippen LogP contribution in [0.4, 0.5) is 8.78 Å². The van der Waals surface area contributed by atoms with Crippen LogP contribution < -0.4 is 4.74 Å². The van der Waals surface area contributed by atoms with Gasteiger partial charge in [-0.2, -0.15) is 19.6 Å². The normalized spacial score (nSPS) is 37.2. The third kappa shape index (κ3) is 7.76. The summed E-state index contributed by atoms with van der Waals surface area (Å²) in [6.45, 7) is 11.2. The molecule has 7 fully saturated rings. The Hall–Kier alpha value is -1.61. The fourth-order valence-corrected chi connectivity index (χ4v) is 8.48. The van der Waals surface area contributed by atoms with E-state index in [1.54, 1.807) is 20.8 Å². The predicted molar refractivity (Wildman–Crippen MR) is 168 cm³/mol. The Kier molecular flexibility index (Phi) is 10.7. The topological polar surface area (TPSA) is 63.2 Å². The van der Waals surface area contributed by atoms with Crippen LogP contribution in [0, 0.1) is 29.6 Å². The molecule has 8 rings (SSSR count). The number of carbonyl (C=O) groups excluding carboxylic acids is 1. The summed E-state index contributed by atoms with van der Waals surface area (Å²) >= 11 is 0. The van der Waals surface area contributed by atoms with E-state index in [1.807, 2.05) is 32.9 Å². The fourth-order valence-electron chi connectivity index (χ4n) is 8.48. The number of hydrogen-bond acceptors (Lipinski definition) is 6. The molecule has 1 heterocycles. The van der Waals surface area contributed by atoms with Crippen molar-refractivity contribution in [3.8, 4) is 5.75 Å². The quantitative estimate of drug-likeness (QED) is 0.307. The molecule has 6 aliphatic carbocycles. The lowest BCUT2D eigenvalue weighted by atomic mass is 9.64. The van der Waals surface area contributed by atoms with Crippen molar-refractivity contribution in [2.75, 3.05) is 0 Å². The van der Waals surface area contributed by atoms with Gasteiger partial charge in [0.05, 0.1) is 0 Å². The first-order valence-electron chi connectivity index (χ1n) is 17.8. The molecule has 1 aromatic carbocycles. The van der Waals surface area contributed by atoms with Gasteiger partial charge in [-0.15, -0.1) is 0 Å². The fraction of sp³-hybridized carbons (Fsp3) is 0.811. The minimum atomic E-state index is -2.34. The molecule has 1 aromatic rings. The monoisotopic (exact) mass is 634 g/mol. The lowest BCUT2D eigenvalue weighted by molar-refractivity contribution is -0.677. The molecule has 1 saturated heterocycles. The zero-order valence-electron chi connectivity index (χ0n) is 28.4. The minimum Gasteiger partial charge on any atom is -0.480 e. The molecule has 254 valence electrons. The highest BCUT2D eigenvalue weighted by Crippen LogP contribution is 2.60. The van der Waals surface area contributed by atoms with Crippen LogP contribution in [0.15, 0.2) is 24.3 Å². The molecule has 4 bridgehead atoms. The molecule has 7 aliphatic rings. The molecule has 0 N–H and O–H groups in total. The maximum atomic E-state index is 12.4. The molecule has 45 heavy (non-hydrogen) atoms. The lowest BCUT2D eigenvalue weighted by Crippen LogP contribution is -2.61. The molecule has 0 radical (unpaired) electrons. The van der Waals surface area contributed by atoms with Crippen LogP contribution in [0.3, 0.4) is 0 Å². The number of ketones is 1. The first-order valence-corrected chi connectivity index (χ1v) is 17.8. The SMILES string of the molecule is CC.CC(=O)C(C)(C)Oc1ccc(C2CCC3(CC2)OOC2(OO3)C3CCC4CC(C3)CC2C4)cc1.CC1CCC(F)(F)CC1. The van der Waals surface area contributed by atoms with E-state index >= 15 is 0 Å². The highest BCUT2D eigenvalue weighted by Gasteiger charge is 2.63. The van der Waals surface area contributed by atoms with Crippen molar-refractivity contribution in [2.24, 2.45) is 29.6 Å². The summed E-state index contributed by atoms with van der Waals surface area (Å²) in [7, 11) is 0. The second-order valence-electron chi connectivity index (χ2n) is 15.2. The van der Waals surface area contributed by atoms with E-state index in [4.69, 9.17) is 24.3 Å². The van der Waals surface area contributed by atoms with E-state index in [0.29, 0.717) is 42.3 Å². The van der Waals surface area contributed by atoms with Crippen LogP contribution in [0.1, 0.15) is 143 Å². The van der Waals surface area contributed by atoms with Crippen molar-refractivity contribution in [3.63, 3.8) is 0 Å². The van der Waals surface area contributed by atoms with Crippen molar-refractivity contribution in [1.29, 1.82) is 0 Å². The van der Waals surface area contributed by atoms with Crippen molar-refractivity contribution < 1.29 is 37.9 Å². The molecule has 2 spiro atoms. The number of hydrogen-bond donors (Lipinski definition) is 0. The van der Waals surface area contributed by atoms with Gasteiger partial charge in [0.15, 0.2) is 11.4 Å². The second-order valence-corrected chi connectivity index (χ2v) is 15.2. The Labute approximate surface area is 269 Å². The number of alkyl halides is 2. The van der Waals surface area contributed by atoms with Crippen molar-refractivity contribution >= 4 is 5.78 Å². The molecule has 6 saturated carbocycles. The number of ether oxygens (including phenoxy) is 1. The van der Waals surface area contributed by atoms with Gasteiger partial charge in [-0.05, 0) is 126 Å². The number of benzene rings is 1. The number of rotatable bonds is 4. The Balaban J connectivity index is 0.000000312. The van der Waals surface area contributed by atoms with Crippen LogP contribution in [0.5, 0.6) is 5.75 Å². The molecule has 6 nitrogen and oxygen atoms in total. The smallest absolute Gasteiger partial charge is 0.248 e. The Morgan fingerprint density at radius 3 is 1.93 bits per heavy atom. The summed E-state index contributed by atoms with van der Waals surface area (Å²) in [5.41, 5.74) is 0.455. The molecule has 4 unspecified atom stereocenters. The average molecular weight is 635 g/mol. The van der Waals surface area contributed by atoms with E-state index in [1.165, 1.54) is 37.7 Å². The van der Waals surface area contributed by atoms with Crippen LogP contribution in [0.25, 0.3) is 0 Å². The summed E-state index contributed by atoms with van der Waals surface area (Å²) in [5.74, 6) is 0.251. The third-order valence-electron chi connectivity index (χ3n) is 11.6. The van der Waals surface area contributed by atoms with Crippen molar-refractivity contribution in [2.45, 2.75) is 160 Å². The zero-order valence-corrected chi connectivity index (χ0v) is 28.4. The number of carbonyl (C=O) groups is 1. The molecule has 0 amide bonds. The molecule has 4 atom stereocenters. The van der Waals surface area contributed by atoms with Gasteiger partial charge >= 0.3 is 0 Å².